The fourth-order valence-electron chi connectivity index (χ4n) is 3.81. The van der Waals surface area contributed by atoms with E-state index in [1.807, 2.05) is 31.2 Å². The number of Topliss-reactive ketones (excluding diaryl/α,β-unsaturated/α-hetero) is 1. The molecule has 30 heavy (non-hydrogen) atoms. The minimum absolute atomic E-state index is 0.0323. The minimum Gasteiger partial charge on any atom is -0.507 e. The Hall–Kier alpha value is -2.95. The van der Waals surface area contributed by atoms with Crippen molar-refractivity contribution in [3.63, 3.8) is 0 Å². The van der Waals surface area contributed by atoms with Gasteiger partial charge >= 0.3 is 0 Å². The molecular formula is C25H28FNO3. The molecule has 0 bridgehead atoms. The highest BCUT2D eigenvalue weighted by Gasteiger charge is 2.45. The molecule has 1 atom stereocenters. The van der Waals surface area contributed by atoms with Crippen molar-refractivity contribution in [3.8, 4) is 0 Å². The van der Waals surface area contributed by atoms with Crippen molar-refractivity contribution in [1.82, 2.24) is 4.90 Å². The number of carbonyl (C=O) groups excluding carboxylic acids is 2. The molecule has 1 fully saturated rings. The molecule has 2 aromatic rings. The first-order valence-electron chi connectivity index (χ1n) is 10.2. The van der Waals surface area contributed by atoms with E-state index in [0.717, 1.165) is 11.1 Å². The Kier molecular flexibility index (Phi) is 5.84. The van der Waals surface area contributed by atoms with E-state index >= 15 is 0 Å². The molecule has 1 saturated heterocycles. The molecule has 1 aliphatic heterocycles. The molecule has 0 spiro atoms. The maximum absolute atomic E-state index is 13.7. The van der Waals surface area contributed by atoms with Gasteiger partial charge < -0.3 is 10.0 Å². The van der Waals surface area contributed by atoms with Gasteiger partial charge in [0.1, 0.15) is 11.6 Å². The Morgan fingerprint density at radius 1 is 1.10 bits per heavy atom. The van der Waals surface area contributed by atoms with Crippen molar-refractivity contribution in [1.29, 1.82) is 0 Å². The number of hydrogen-bond acceptors (Lipinski definition) is 3. The van der Waals surface area contributed by atoms with Crippen LogP contribution in [0.15, 0.2) is 48.0 Å². The van der Waals surface area contributed by atoms with Crippen molar-refractivity contribution < 1.29 is 19.1 Å². The number of ketones is 1. The third-order valence-corrected chi connectivity index (χ3v) is 5.53. The Morgan fingerprint density at radius 2 is 1.73 bits per heavy atom. The zero-order chi connectivity index (χ0) is 22.2. The molecule has 0 radical (unpaired) electrons. The fraction of sp³-hybridized carbons (Fsp3) is 0.360. The summed E-state index contributed by atoms with van der Waals surface area (Å²) in [5, 5.41) is 11.0. The van der Waals surface area contributed by atoms with Gasteiger partial charge in [-0.05, 0) is 53.6 Å². The van der Waals surface area contributed by atoms with Gasteiger partial charge in [0.2, 0.25) is 0 Å². The van der Waals surface area contributed by atoms with Crippen LogP contribution >= 0.6 is 0 Å². The van der Waals surface area contributed by atoms with E-state index < -0.39 is 23.5 Å². The van der Waals surface area contributed by atoms with Crippen molar-refractivity contribution in [2.75, 3.05) is 6.54 Å². The molecule has 0 saturated carbocycles. The first-order valence-corrected chi connectivity index (χ1v) is 10.2. The first kappa shape index (κ1) is 21.8. The van der Waals surface area contributed by atoms with Crippen LogP contribution in [0.4, 0.5) is 4.39 Å². The van der Waals surface area contributed by atoms with Crippen molar-refractivity contribution in [2.45, 2.75) is 52.5 Å². The second kappa shape index (κ2) is 8.05. The van der Waals surface area contributed by atoms with Crippen LogP contribution in [0.1, 0.15) is 62.4 Å². The average Bonchev–Trinajstić information content (AvgIpc) is 2.94. The molecular weight excluding hydrogens is 381 g/mol. The van der Waals surface area contributed by atoms with E-state index in [2.05, 4.69) is 20.8 Å². The molecule has 1 aliphatic rings. The largest absolute Gasteiger partial charge is 0.507 e. The molecule has 5 heteroatoms. The average molecular weight is 410 g/mol. The van der Waals surface area contributed by atoms with Crippen molar-refractivity contribution in [3.05, 3.63) is 76.1 Å². The van der Waals surface area contributed by atoms with Crippen LogP contribution in [0, 0.1) is 12.7 Å². The summed E-state index contributed by atoms with van der Waals surface area (Å²) in [4.78, 5) is 27.1. The summed E-state index contributed by atoms with van der Waals surface area (Å²) in [6, 6.07) is 11.3. The predicted molar refractivity (Wildman–Crippen MR) is 116 cm³/mol. The number of rotatable bonds is 4. The number of aryl methyl sites for hydroxylation is 1. The summed E-state index contributed by atoms with van der Waals surface area (Å²) in [6.07, 6.45) is 0.680. The maximum atomic E-state index is 13.7. The molecule has 1 amide bonds. The summed E-state index contributed by atoms with van der Waals surface area (Å²) in [5.41, 5.74) is 2.58. The number of likely N-dealkylation sites (tertiary alicyclic amines) is 1. The van der Waals surface area contributed by atoms with E-state index in [-0.39, 0.29) is 16.7 Å². The lowest BCUT2D eigenvalue weighted by molar-refractivity contribution is -0.139. The van der Waals surface area contributed by atoms with Gasteiger partial charge in [-0.2, -0.15) is 0 Å². The monoisotopic (exact) mass is 409 g/mol. The van der Waals surface area contributed by atoms with Crippen LogP contribution in [0.5, 0.6) is 0 Å². The molecule has 1 heterocycles. The summed E-state index contributed by atoms with van der Waals surface area (Å²) in [5.74, 6) is -2.01. The number of amides is 1. The summed E-state index contributed by atoms with van der Waals surface area (Å²) in [6.45, 7) is 10.3. The van der Waals surface area contributed by atoms with E-state index in [1.54, 1.807) is 6.92 Å². The van der Waals surface area contributed by atoms with Gasteiger partial charge in [-0.3, -0.25) is 9.59 Å². The number of carbonyl (C=O) groups is 2. The molecule has 158 valence electrons. The van der Waals surface area contributed by atoms with Crippen LogP contribution in [-0.2, 0) is 15.0 Å². The number of aliphatic hydroxyl groups excluding tert-OH is 1. The lowest BCUT2D eigenvalue weighted by atomic mass is 9.85. The number of halogens is 1. The van der Waals surface area contributed by atoms with Crippen molar-refractivity contribution >= 4 is 17.4 Å². The van der Waals surface area contributed by atoms with Crippen LogP contribution in [0.25, 0.3) is 5.76 Å². The van der Waals surface area contributed by atoms with Gasteiger partial charge in [0.15, 0.2) is 0 Å². The van der Waals surface area contributed by atoms with Crippen LogP contribution in [0.2, 0.25) is 0 Å². The Balaban J connectivity index is 2.17. The van der Waals surface area contributed by atoms with Gasteiger partial charge in [-0.1, -0.05) is 52.0 Å². The van der Waals surface area contributed by atoms with E-state index in [4.69, 9.17) is 0 Å². The number of aliphatic hydroxyl groups is 1. The summed E-state index contributed by atoms with van der Waals surface area (Å²) in [7, 11) is 0. The second-order valence-corrected chi connectivity index (χ2v) is 8.83. The molecule has 1 unspecified atom stereocenters. The highest BCUT2D eigenvalue weighted by molar-refractivity contribution is 6.46. The van der Waals surface area contributed by atoms with E-state index in [1.165, 1.54) is 23.1 Å². The van der Waals surface area contributed by atoms with Gasteiger partial charge in [-0.25, -0.2) is 4.39 Å². The Bertz CT molecular complexity index is 1020. The molecule has 1 N–H and O–H groups in total. The van der Waals surface area contributed by atoms with Gasteiger partial charge in [0.25, 0.3) is 11.7 Å². The molecule has 2 aromatic carbocycles. The third-order valence-electron chi connectivity index (χ3n) is 5.53. The van der Waals surface area contributed by atoms with Crippen LogP contribution < -0.4 is 0 Å². The smallest absolute Gasteiger partial charge is 0.295 e. The lowest BCUT2D eigenvalue weighted by Gasteiger charge is -2.26. The zero-order valence-corrected chi connectivity index (χ0v) is 18.1. The fourth-order valence-corrected chi connectivity index (χ4v) is 3.81. The maximum Gasteiger partial charge on any atom is 0.295 e. The normalized spacial score (nSPS) is 18.9. The number of benzene rings is 2. The number of nitrogens with zero attached hydrogens (tertiary/aromatic N) is 1. The quantitative estimate of drug-likeness (QED) is 0.426. The van der Waals surface area contributed by atoms with Gasteiger partial charge in [0.05, 0.1) is 11.6 Å². The summed E-state index contributed by atoms with van der Waals surface area (Å²) >= 11 is 0. The first-order chi connectivity index (χ1) is 14.1. The SMILES string of the molecule is CCCN1C(=O)C(=O)/C(=C(\O)c2ccc(F)c(C)c2)C1c1ccc(C(C)(C)C)cc1. The third kappa shape index (κ3) is 3.89. The second-order valence-electron chi connectivity index (χ2n) is 8.83. The van der Waals surface area contributed by atoms with Crippen molar-refractivity contribution in [2.24, 2.45) is 0 Å². The highest BCUT2D eigenvalue weighted by atomic mass is 19.1. The van der Waals surface area contributed by atoms with Gasteiger partial charge in [0, 0.05) is 12.1 Å². The topological polar surface area (TPSA) is 57.6 Å². The standard InChI is InChI=1S/C25H28FNO3/c1-6-13-27-21(16-7-10-18(11-8-16)25(3,4)5)20(23(29)24(27)30)22(28)17-9-12-19(26)15(2)14-17/h7-12,14,21,28H,6,13H2,1-5H3/b22-20-. The van der Waals surface area contributed by atoms with E-state index in [0.29, 0.717) is 24.1 Å². The molecule has 3 rings (SSSR count). The summed E-state index contributed by atoms with van der Waals surface area (Å²) < 4.78 is 13.7. The molecule has 0 aromatic heterocycles. The van der Waals surface area contributed by atoms with Crippen LogP contribution in [-0.4, -0.2) is 28.2 Å². The molecule has 4 nitrogen and oxygen atoms in total. The van der Waals surface area contributed by atoms with Gasteiger partial charge in [-0.15, -0.1) is 0 Å². The minimum atomic E-state index is -0.715. The lowest BCUT2D eigenvalue weighted by Crippen LogP contribution is -2.30. The molecule has 0 aliphatic carbocycles. The Labute approximate surface area is 177 Å². The predicted octanol–water partition coefficient (Wildman–Crippen LogP) is 5.26. The zero-order valence-electron chi connectivity index (χ0n) is 18.1. The number of hydrogen-bond donors (Lipinski definition) is 1. The van der Waals surface area contributed by atoms with E-state index in [9.17, 15) is 19.1 Å². The Morgan fingerprint density at radius 3 is 2.27 bits per heavy atom. The highest BCUT2D eigenvalue weighted by Crippen LogP contribution is 2.40. The van der Waals surface area contributed by atoms with Crippen LogP contribution in [0.3, 0.4) is 0 Å².